The number of carbonyl (C=O) groups excluding carboxylic acids is 4. The van der Waals surface area contributed by atoms with E-state index in [1.807, 2.05) is 0 Å². The van der Waals surface area contributed by atoms with Crippen LogP contribution in [0.5, 0.6) is 0 Å². The summed E-state index contributed by atoms with van der Waals surface area (Å²) in [6.07, 6.45) is 0.677. The molecular formula is C26H26N4O8. The summed E-state index contributed by atoms with van der Waals surface area (Å²) in [4.78, 5) is 98.3. The van der Waals surface area contributed by atoms with Crippen molar-refractivity contribution in [1.29, 1.82) is 0 Å². The van der Waals surface area contributed by atoms with E-state index >= 15 is 0 Å². The first-order valence-electron chi connectivity index (χ1n) is 12.5. The number of nitrogens with zero attached hydrogens (tertiary/aromatic N) is 4. The molecule has 6 rings (SSSR count). The van der Waals surface area contributed by atoms with Crippen LogP contribution in [-0.2, 0) is 32.8 Å². The minimum Gasteiger partial charge on any atom is -0.285 e. The molecule has 0 radical (unpaired) electrons. The zero-order valence-corrected chi connectivity index (χ0v) is 21.3. The SMILES string of the molecule is CCN1C(=O)C2CC3C(=O)N(C)C(=O)C3CC2C1=O.CCn1c(=O)c2cc3c(=O)n(C)c(=O)c3cc2c1=O. The number of imide groups is 2. The van der Waals surface area contributed by atoms with Crippen molar-refractivity contribution >= 4 is 45.2 Å². The van der Waals surface area contributed by atoms with E-state index in [0.29, 0.717) is 19.4 Å². The highest BCUT2D eigenvalue weighted by Gasteiger charge is 2.58. The quantitative estimate of drug-likeness (QED) is 0.393. The zero-order chi connectivity index (χ0) is 27.8. The minimum absolute atomic E-state index is 0.175. The molecule has 3 fully saturated rings. The fourth-order valence-electron chi connectivity index (χ4n) is 6.15. The van der Waals surface area contributed by atoms with Gasteiger partial charge in [-0.1, -0.05) is 0 Å². The second-order valence-electron chi connectivity index (χ2n) is 10.0. The van der Waals surface area contributed by atoms with E-state index in [4.69, 9.17) is 0 Å². The van der Waals surface area contributed by atoms with Crippen molar-refractivity contribution in [1.82, 2.24) is 18.9 Å². The summed E-state index contributed by atoms with van der Waals surface area (Å²) in [7, 11) is 2.85. The largest absolute Gasteiger partial charge is 0.285 e. The third-order valence-corrected chi connectivity index (χ3v) is 8.26. The van der Waals surface area contributed by atoms with Crippen LogP contribution in [-0.4, -0.2) is 56.2 Å². The Morgan fingerprint density at radius 2 is 0.947 bits per heavy atom. The number of carbonyl (C=O) groups is 4. The molecule has 1 saturated carbocycles. The second kappa shape index (κ2) is 8.67. The Morgan fingerprint density at radius 3 is 1.32 bits per heavy atom. The maximum atomic E-state index is 12.1. The highest BCUT2D eigenvalue weighted by Crippen LogP contribution is 2.47. The molecule has 12 nitrogen and oxygen atoms in total. The molecule has 0 bridgehead atoms. The van der Waals surface area contributed by atoms with E-state index in [9.17, 15) is 38.4 Å². The second-order valence-corrected chi connectivity index (χ2v) is 10.0. The monoisotopic (exact) mass is 522 g/mol. The molecule has 38 heavy (non-hydrogen) atoms. The van der Waals surface area contributed by atoms with Crippen LogP contribution in [0.4, 0.5) is 0 Å². The van der Waals surface area contributed by atoms with Crippen LogP contribution in [0.1, 0.15) is 26.7 Å². The minimum atomic E-state index is -0.446. The predicted molar refractivity (Wildman–Crippen MR) is 135 cm³/mol. The summed E-state index contributed by atoms with van der Waals surface area (Å²) in [6, 6.07) is 2.70. The number of hydrogen-bond donors (Lipinski definition) is 0. The van der Waals surface area contributed by atoms with Crippen molar-refractivity contribution in [2.75, 3.05) is 13.6 Å². The standard InChI is InChI=1S/C13H16N2O4.C13H10N2O4/c2*1-3-15-12(18)8-4-6-7(5-9(8)13(15)19)11(17)14(2)10(6)16/h6-9H,3-5H2,1-2H3;4-5H,3H2,1-2H3. The van der Waals surface area contributed by atoms with Crippen LogP contribution in [0.15, 0.2) is 31.3 Å². The van der Waals surface area contributed by atoms with Crippen molar-refractivity contribution in [2.45, 2.75) is 33.2 Å². The van der Waals surface area contributed by atoms with Crippen molar-refractivity contribution in [2.24, 2.45) is 30.7 Å². The maximum Gasteiger partial charge on any atom is 0.261 e. The number of aromatic nitrogens is 2. The zero-order valence-electron chi connectivity index (χ0n) is 21.3. The Balaban J connectivity index is 0.000000155. The van der Waals surface area contributed by atoms with Gasteiger partial charge in [-0.2, -0.15) is 0 Å². The van der Waals surface area contributed by atoms with Gasteiger partial charge in [0.1, 0.15) is 0 Å². The van der Waals surface area contributed by atoms with E-state index in [-0.39, 0.29) is 51.7 Å². The van der Waals surface area contributed by atoms with Gasteiger partial charge in [-0.3, -0.25) is 57.3 Å². The van der Waals surface area contributed by atoms with Crippen LogP contribution in [0.3, 0.4) is 0 Å². The molecule has 0 N–H and O–H groups in total. The lowest BCUT2D eigenvalue weighted by molar-refractivity contribution is -0.139. The molecule has 4 atom stereocenters. The van der Waals surface area contributed by atoms with E-state index < -0.39 is 45.9 Å². The van der Waals surface area contributed by atoms with Gasteiger partial charge < -0.3 is 0 Å². The van der Waals surface area contributed by atoms with Gasteiger partial charge in [0, 0.05) is 27.2 Å². The number of likely N-dealkylation sites (tertiary alicyclic amines) is 2. The molecule has 12 heteroatoms. The Kier molecular flexibility index (Phi) is 5.80. The summed E-state index contributed by atoms with van der Waals surface area (Å²) in [5, 5.41) is 0.764. The molecule has 3 aromatic rings. The predicted octanol–water partition coefficient (Wildman–Crippen LogP) is -0.898. The summed E-state index contributed by atoms with van der Waals surface area (Å²) in [5.41, 5.74) is -1.73. The van der Waals surface area contributed by atoms with Crippen LogP contribution in [0, 0.1) is 23.7 Å². The van der Waals surface area contributed by atoms with Crippen molar-refractivity contribution in [3.05, 3.63) is 53.5 Å². The van der Waals surface area contributed by atoms with Gasteiger partial charge in [-0.25, -0.2) is 0 Å². The highest BCUT2D eigenvalue weighted by molar-refractivity contribution is 6.09. The van der Waals surface area contributed by atoms with Crippen molar-refractivity contribution < 1.29 is 19.2 Å². The van der Waals surface area contributed by atoms with E-state index in [0.717, 1.165) is 14.0 Å². The first kappa shape index (κ1) is 25.4. The average molecular weight is 523 g/mol. The molecule has 4 unspecified atom stereocenters. The molecule has 4 heterocycles. The summed E-state index contributed by atoms with van der Waals surface area (Å²) in [6.45, 7) is 4.08. The lowest BCUT2D eigenvalue weighted by Crippen LogP contribution is -2.35. The lowest BCUT2D eigenvalue weighted by Gasteiger charge is -2.28. The normalized spacial score (nSPS) is 24.8. The summed E-state index contributed by atoms with van der Waals surface area (Å²) < 4.78 is 2.07. The molecule has 0 spiro atoms. The van der Waals surface area contributed by atoms with Crippen molar-refractivity contribution in [3.8, 4) is 0 Å². The molecular weight excluding hydrogens is 496 g/mol. The Bertz CT molecular complexity index is 1650. The van der Waals surface area contributed by atoms with Gasteiger partial charge in [0.2, 0.25) is 23.6 Å². The summed E-state index contributed by atoms with van der Waals surface area (Å²) in [5.74, 6) is -2.39. The van der Waals surface area contributed by atoms with Gasteiger partial charge in [-0.15, -0.1) is 0 Å². The maximum absolute atomic E-state index is 12.1. The van der Waals surface area contributed by atoms with E-state index in [2.05, 4.69) is 0 Å². The smallest absolute Gasteiger partial charge is 0.261 e. The fourth-order valence-corrected chi connectivity index (χ4v) is 6.15. The Hall–Kier alpha value is -4.22. The first-order valence-corrected chi connectivity index (χ1v) is 12.5. The van der Waals surface area contributed by atoms with Crippen LogP contribution >= 0.6 is 0 Å². The molecule has 4 amide bonds. The highest BCUT2D eigenvalue weighted by atomic mass is 16.2. The number of hydrogen-bond acceptors (Lipinski definition) is 8. The third-order valence-electron chi connectivity index (χ3n) is 8.26. The lowest BCUT2D eigenvalue weighted by atomic mass is 9.70. The topological polar surface area (TPSA) is 153 Å². The number of benzene rings is 1. The van der Waals surface area contributed by atoms with Crippen LogP contribution in [0.25, 0.3) is 21.5 Å². The van der Waals surface area contributed by atoms with Gasteiger partial charge in [0.05, 0.1) is 45.2 Å². The number of rotatable bonds is 2. The Morgan fingerprint density at radius 1 is 0.579 bits per heavy atom. The van der Waals surface area contributed by atoms with E-state index in [1.165, 1.54) is 31.1 Å². The molecule has 2 saturated heterocycles. The van der Waals surface area contributed by atoms with E-state index in [1.54, 1.807) is 13.8 Å². The fraction of sp³-hybridized carbons (Fsp3) is 0.462. The summed E-state index contributed by atoms with van der Waals surface area (Å²) >= 11 is 0. The van der Waals surface area contributed by atoms with Crippen LogP contribution in [0.2, 0.25) is 0 Å². The average Bonchev–Trinajstić information content (AvgIpc) is 3.47. The molecule has 1 aliphatic carbocycles. The Labute approximate surface area is 214 Å². The van der Waals surface area contributed by atoms with Crippen LogP contribution < -0.4 is 22.2 Å². The molecule has 198 valence electrons. The van der Waals surface area contributed by atoms with Gasteiger partial charge in [-0.05, 0) is 38.8 Å². The molecule has 2 aromatic heterocycles. The third kappa shape index (κ3) is 3.28. The molecule has 2 aliphatic heterocycles. The van der Waals surface area contributed by atoms with Crippen molar-refractivity contribution in [3.63, 3.8) is 0 Å². The number of fused-ring (bicyclic) bond motifs is 4. The number of amides is 4. The van der Waals surface area contributed by atoms with Gasteiger partial charge in [0.15, 0.2) is 0 Å². The first-order chi connectivity index (χ1) is 17.9. The molecule has 3 aliphatic rings. The molecule has 1 aromatic carbocycles. The van der Waals surface area contributed by atoms with Gasteiger partial charge in [0.25, 0.3) is 22.2 Å². The van der Waals surface area contributed by atoms with Gasteiger partial charge >= 0.3 is 0 Å².